The number of phenolic OH excluding ortho intramolecular Hbond substituents is 1. The minimum Gasteiger partial charge on any atom is -0.504 e. The molecule has 0 bridgehead atoms. The van der Waals surface area contributed by atoms with Crippen molar-refractivity contribution >= 4 is 28.2 Å². The molecule has 1 aromatic heterocycles. The second-order valence-corrected chi connectivity index (χ2v) is 8.72. The van der Waals surface area contributed by atoms with Crippen LogP contribution in [0.4, 0.5) is 10.1 Å². The van der Waals surface area contributed by atoms with Crippen LogP contribution in [0.3, 0.4) is 0 Å². The van der Waals surface area contributed by atoms with Crippen molar-refractivity contribution < 1.29 is 9.50 Å². The first-order valence-electron chi connectivity index (χ1n) is 10.3. The number of fused-ring (bicyclic) bond motifs is 1. The van der Waals surface area contributed by atoms with Crippen molar-refractivity contribution in [1.82, 2.24) is 9.88 Å². The highest BCUT2D eigenvalue weighted by Crippen LogP contribution is 2.34. The zero-order chi connectivity index (χ0) is 21.3. The third-order valence-electron chi connectivity index (χ3n) is 6.14. The summed E-state index contributed by atoms with van der Waals surface area (Å²) < 4.78 is 14.0. The zero-order valence-corrected chi connectivity index (χ0v) is 18.0. The number of hydrogen-bond donors (Lipinski definition) is 2. The Morgan fingerprint density at radius 3 is 2.63 bits per heavy atom. The molecule has 2 aromatic carbocycles. The van der Waals surface area contributed by atoms with Crippen LogP contribution < -0.4 is 5.32 Å². The Labute approximate surface area is 181 Å². The van der Waals surface area contributed by atoms with Gasteiger partial charge in [0.1, 0.15) is 0 Å². The molecule has 0 atom stereocenters. The van der Waals surface area contributed by atoms with Crippen molar-refractivity contribution in [3.05, 3.63) is 53.4 Å². The van der Waals surface area contributed by atoms with Crippen molar-refractivity contribution in [2.24, 2.45) is 5.92 Å². The van der Waals surface area contributed by atoms with Crippen LogP contribution in [0.1, 0.15) is 25.7 Å². The van der Waals surface area contributed by atoms with Gasteiger partial charge in [-0.25, -0.2) is 4.39 Å². The molecule has 30 heavy (non-hydrogen) atoms. The summed E-state index contributed by atoms with van der Waals surface area (Å²) >= 11 is 5.96. The van der Waals surface area contributed by atoms with Gasteiger partial charge >= 0.3 is 0 Å². The number of nitrogens with one attached hydrogen (secondary N) is 1. The van der Waals surface area contributed by atoms with E-state index in [1.807, 2.05) is 18.2 Å². The smallest absolute Gasteiger partial charge is 0.170 e. The van der Waals surface area contributed by atoms with Crippen molar-refractivity contribution in [2.75, 3.05) is 26.0 Å². The zero-order valence-electron chi connectivity index (χ0n) is 17.3. The molecule has 1 aliphatic carbocycles. The van der Waals surface area contributed by atoms with E-state index in [9.17, 15) is 9.50 Å². The standard InChI is InChI=1S/C24H26ClFN3O/c1-29(2)18-6-3-15(4-7-18)14-28-23-9-10-27-22-8-5-16(11-19(22)23)17-12-20(25)24(30)21(26)13-17/h5,8,10-13,15,18,30H,3-4,6-7,14H2,1-2H3,(H,27,28). The SMILES string of the molecule is CN(C)C1CCC(CNc2[c]cnc3ccc(-c4cc(F)c(O)c(Cl)c4)cc23)CC1. The van der Waals surface area contributed by atoms with Crippen LogP contribution >= 0.6 is 11.6 Å². The topological polar surface area (TPSA) is 48.4 Å². The highest BCUT2D eigenvalue weighted by atomic mass is 35.5. The third kappa shape index (κ3) is 4.37. The quantitative estimate of drug-likeness (QED) is 0.546. The molecule has 1 saturated carbocycles. The maximum absolute atomic E-state index is 14.0. The maximum Gasteiger partial charge on any atom is 0.170 e. The number of aromatic nitrogens is 1. The van der Waals surface area contributed by atoms with E-state index < -0.39 is 11.6 Å². The number of hydrogen-bond acceptors (Lipinski definition) is 4. The fourth-order valence-corrected chi connectivity index (χ4v) is 4.47. The Bertz CT molecular complexity index is 1020. The van der Waals surface area contributed by atoms with Crippen LogP contribution in [0.2, 0.25) is 5.02 Å². The van der Waals surface area contributed by atoms with Gasteiger partial charge in [0.2, 0.25) is 0 Å². The molecule has 0 amide bonds. The lowest BCUT2D eigenvalue weighted by Crippen LogP contribution is -2.33. The molecule has 4 nitrogen and oxygen atoms in total. The minimum atomic E-state index is -0.734. The fourth-order valence-electron chi connectivity index (χ4n) is 4.26. The molecule has 3 aromatic rings. The Morgan fingerprint density at radius 2 is 1.93 bits per heavy atom. The third-order valence-corrected chi connectivity index (χ3v) is 6.43. The Kier molecular flexibility index (Phi) is 6.11. The van der Waals surface area contributed by atoms with Crippen molar-refractivity contribution in [3.63, 3.8) is 0 Å². The second kappa shape index (κ2) is 8.78. The van der Waals surface area contributed by atoms with Gasteiger partial charge in [0.05, 0.1) is 16.2 Å². The first-order valence-corrected chi connectivity index (χ1v) is 10.7. The molecule has 1 radical (unpaired) electrons. The number of phenols is 1. The molecule has 6 heteroatoms. The van der Waals surface area contributed by atoms with Gasteiger partial charge in [0.25, 0.3) is 0 Å². The van der Waals surface area contributed by atoms with Gasteiger partial charge < -0.3 is 15.3 Å². The van der Waals surface area contributed by atoms with Crippen LogP contribution in [-0.4, -0.2) is 41.7 Å². The highest BCUT2D eigenvalue weighted by molar-refractivity contribution is 6.32. The molecular formula is C24H26ClFN3O. The number of pyridine rings is 1. The van der Waals surface area contributed by atoms with Gasteiger partial charge in [0.15, 0.2) is 11.6 Å². The summed E-state index contributed by atoms with van der Waals surface area (Å²) in [5, 5.41) is 14.1. The molecule has 4 rings (SSSR count). The van der Waals surface area contributed by atoms with E-state index in [0.29, 0.717) is 17.5 Å². The van der Waals surface area contributed by atoms with Gasteiger partial charge in [-0.3, -0.25) is 4.98 Å². The summed E-state index contributed by atoms with van der Waals surface area (Å²) in [6.07, 6.45) is 6.59. The molecule has 0 saturated heterocycles. The van der Waals surface area contributed by atoms with Gasteiger partial charge in [-0.15, -0.1) is 0 Å². The highest BCUT2D eigenvalue weighted by Gasteiger charge is 2.22. The largest absolute Gasteiger partial charge is 0.504 e. The van der Waals surface area contributed by atoms with E-state index in [-0.39, 0.29) is 5.02 Å². The Hall–Kier alpha value is -2.37. The van der Waals surface area contributed by atoms with Crippen molar-refractivity contribution in [1.29, 1.82) is 0 Å². The van der Waals surface area contributed by atoms with Crippen molar-refractivity contribution in [2.45, 2.75) is 31.7 Å². The number of rotatable bonds is 5. The number of nitrogens with zero attached hydrogens (tertiary/aromatic N) is 2. The Balaban J connectivity index is 1.55. The minimum absolute atomic E-state index is 0.00507. The number of benzene rings is 2. The monoisotopic (exact) mass is 426 g/mol. The molecule has 0 spiro atoms. The van der Waals surface area contributed by atoms with Crippen LogP contribution in [0.25, 0.3) is 22.0 Å². The molecule has 2 N–H and O–H groups in total. The van der Waals surface area contributed by atoms with Crippen LogP contribution in [0.15, 0.2) is 36.5 Å². The fraction of sp³-hybridized carbons (Fsp3) is 0.375. The Morgan fingerprint density at radius 1 is 1.17 bits per heavy atom. The molecular weight excluding hydrogens is 401 g/mol. The van der Waals surface area contributed by atoms with Crippen LogP contribution in [-0.2, 0) is 0 Å². The maximum atomic E-state index is 14.0. The van der Waals surface area contributed by atoms with E-state index in [1.165, 1.54) is 31.7 Å². The molecule has 1 aliphatic rings. The number of halogens is 2. The summed E-state index contributed by atoms with van der Waals surface area (Å²) in [5.74, 6) is -0.615. The average Bonchev–Trinajstić information content (AvgIpc) is 2.75. The average molecular weight is 427 g/mol. The summed E-state index contributed by atoms with van der Waals surface area (Å²) in [5.41, 5.74) is 3.16. The number of anilines is 1. The molecule has 1 heterocycles. The summed E-state index contributed by atoms with van der Waals surface area (Å²) in [6.45, 7) is 0.902. The predicted octanol–water partition coefficient (Wildman–Crippen LogP) is 5.73. The van der Waals surface area contributed by atoms with Gasteiger partial charge in [-0.1, -0.05) is 17.7 Å². The molecule has 157 valence electrons. The predicted molar refractivity (Wildman–Crippen MR) is 121 cm³/mol. The summed E-state index contributed by atoms with van der Waals surface area (Å²) in [4.78, 5) is 6.74. The first kappa shape index (κ1) is 20.9. The van der Waals surface area contributed by atoms with Crippen LogP contribution in [0, 0.1) is 17.8 Å². The number of aromatic hydroxyl groups is 1. The lowest BCUT2D eigenvalue weighted by Gasteiger charge is -2.32. The van der Waals surface area contributed by atoms with E-state index >= 15 is 0 Å². The second-order valence-electron chi connectivity index (χ2n) is 8.32. The molecule has 0 aliphatic heterocycles. The lowest BCUT2D eigenvalue weighted by molar-refractivity contribution is 0.198. The van der Waals surface area contributed by atoms with Crippen molar-refractivity contribution in [3.8, 4) is 16.9 Å². The lowest BCUT2D eigenvalue weighted by atomic mass is 9.85. The van der Waals surface area contributed by atoms with E-state index in [0.717, 1.165) is 28.7 Å². The van der Waals surface area contributed by atoms with Crippen LogP contribution in [0.5, 0.6) is 5.75 Å². The van der Waals surface area contributed by atoms with E-state index in [2.05, 4.69) is 35.4 Å². The molecule has 1 fully saturated rings. The van der Waals surface area contributed by atoms with Gasteiger partial charge in [-0.05, 0) is 81.1 Å². The van der Waals surface area contributed by atoms with Gasteiger partial charge in [-0.2, -0.15) is 0 Å². The van der Waals surface area contributed by atoms with Gasteiger partial charge in [0, 0.05) is 30.2 Å². The normalized spacial score (nSPS) is 19.4. The molecule has 0 unspecified atom stereocenters. The van der Waals surface area contributed by atoms with E-state index in [1.54, 1.807) is 12.3 Å². The first-order chi connectivity index (χ1) is 14.4. The summed E-state index contributed by atoms with van der Waals surface area (Å²) in [7, 11) is 4.32. The van der Waals surface area contributed by atoms with E-state index in [4.69, 9.17) is 11.6 Å². The summed E-state index contributed by atoms with van der Waals surface area (Å²) in [6, 6.07) is 12.5.